The summed E-state index contributed by atoms with van der Waals surface area (Å²) in [4.78, 5) is 38.5. The van der Waals surface area contributed by atoms with Crippen LogP contribution in [-0.2, 0) is 0 Å². The van der Waals surface area contributed by atoms with Crippen molar-refractivity contribution >= 4 is 34.8 Å². The zero-order valence-electron chi connectivity index (χ0n) is 14.5. The minimum Gasteiger partial charge on any atom is -0.397 e. The van der Waals surface area contributed by atoms with Crippen molar-refractivity contribution in [1.29, 1.82) is 0 Å². The van der Waals surface area contributed by atoms with Gasteiger partial charge in [-0.05, 0) is 42.5 Å². The van der Waals surface area contributed by atoms with E-state index in [4.69, 9.17) is 5.73 Å². The summed E-state index contributed by atoms with van der Waals surface area (Å²) in [6, 6.07) is 16.4. The van der Waals surface area contributed by atoms with Gasteiger partial charge >= 0.3 is 0 Å². The first-order valence-corrected chi connectivity index (χ1v) is 8.40. The molecular weight excluding hydrogens is 361 g/mol. The highest BCUT2D eigenvalue weighted by molar-refractivity contribution is 6.34. The van der Waals surface area contributed by atoms with Gasteiger partial charge in [0.25, 0.3) is 17.7 Å². The van der Waals surface area contributed by atoms with Crippen LogP contribution in [0.4, 0.5) is 21.5 Å². The number of nitrogens with zero attached hydrogens (tertiary/aromatic N) is 1. The molecule has 3 aromatic rings. The van der Waals surface area contributed by atoms with E-state index in [2.05, 4.69) is 5.32 Å². The van der Waals surface area contributed by atoms with Crippen molar-refractivity contribution in [3.8, 4) is 0 Å². The Balaban J connectivity index is 1.69. The number of amides is 3. The van der Waals surface area contributed by atoms with Gasteiger partial charge in [-0.15, -0.1) is 0 Å². The topological polar surface area (TPSA) is 92.5 Å². The van der Waals surface area contributed by atoms with Crippen LogP contribution in [0.5, 0.6) is 0 Å². The summed E-state index contributed by atoms with van der Waals surface area (Å²) in [5.41, 5.74) is 6.78. The molecule has 0 atom stereocenters. The molecular formula is C21H14FN3O3. The molecule has 3 amide bonds. The van der Waals surface area contributed by atoms with Crippen LogP contribution in [0.15, 0.2) is 66.7 Å². The van der Waals surface area contributed by atoms with Crippen molar-refractivity contribution in [1.82, 2.24) is 0 Å². The number of anilines is 3. The second kappa shape index (κ2) is 6.62. The van der Waals surface area contributed by atoms with Crippen LogP contribution in [-0.4, -0.2) is 17.7 Å². The number of nitrogens with one attached hydrogen (secondary N) is 1. The van der Waals surface area contributed by atoms with Gasteiger partial charge in [0.2, 0.25) is 0 Å². The van der Waals surface area contributed by atoms with E-state index in [0.29, 0.717) is 11.4 Å². The molecule has 0 saturated carbocycles. The van der Waals surface area contributed by atoms with E-state index < -0.39 is 23.5 Å². The van der Waals surface area contributed by atoms with Gasteiger partial charge in [-0.25, -0.2) is 9.29 Å². The van der Waals surface area contributed by atoms with Gasteiger partial charge < -0.3 is 11.1 Å². The summed E-state index contributed by atoms with van der Waals surface area (Å²) in [7, 11) is 0. The highest BCUT2D eigenvalue weighted by atomic mass is 19.1. The van der Waals surface area contributed by atoms with E-state index in [-0.39, 0.29) is 22.4 Å². The molecule has 0 aromatic heterocycles. The lowest BCUT2D eigenvalue weighted by molar-refractivity contribution is 0.0922. The van der Waals surface area contributed by atoms with Crippen LogP contribution in [0.3, 0.4) is 0 Å². The number of rotatable bonds is 3. The molecule has 28 heavy (non-hydrogen) atoms. The van der Waals surface area contributed by atoms with E-state index in [9.17, 15) is 18.8 Å². The Morgan fingerprint density at radius 2 is 1.50 bits per heavy atom. The fourth-order valence-electron chi connectivity index (χ4n) is 3.04. The molecule has 0 saturated heterocycles. The lowest BCUT2D eigenvalue weighted by atomic mass is 10.1. The number of carbonyl (C=O) groups is 3. The molecule has 6 nitrogen and oxygen atoms in total. The summed E-state index contributed by atoms with van der Waals surface area (Å²) in [5, 5.41) is 2.63. The summed E-state index contributed by atoms with van der Waals surface area (Å²) in [5.74, 6) is -2.60. The molecule has 0 unspecified atom stereocenters. The van der Waals surface area contributed by atoms with E-state index in [1.807, 2.05) is 0 Å². The highest BCUT2D eigenvalue weighted by Gasteiger charge is 2.37. The van der Waals surface area contributed by atoms with Crippen LogP contribution >= 0.6 is 0 Å². The first-order chi connectivity index (χ1) is 13.5. The molecule has 4 rings (SSSR count). The highest BCUT2D eigenvalue weighted by Crippen LogP contribution is 2.31. The van der Waals surface area contributed by atoms with Crippen molar-refractivity contribution in [2.24, 2.45) is 0 Å². The third-order valence-corrected chi connectivity index (χ3v) is 4.45. The number of imide groups is 1. The predicted octanol–water partition coefficient (Wildman–Crippen LogP) is 3.46. The number of nitrogens with two attached hydrogens (primary N) is 1. The van der Waals surface area contributed by atoms with Crippen molar-refractivity contribution < 1.29 is 18.8 Å². The number of hydrogen-bond acceptors (Lipinski definition) is 4. The van der Waals surface area contributed by atoms with E-state index in [1.165, 1.54) is 24.3 Å². The van der Waals surface area contributed by atoms with Crippen LogP contribution in [0.1, 0.15) is 31.1 Å². The average Bonchev–Trinajstić information content (AvgIpc) is 2.95. The Morgan fingerprint density at radius 1 is 0.893 bits per heavy atom. The molecule has 0 radical (unpaired) electrons. The van der Waals surface area contributed by atoms with Crippen LogP contribution in [0, 0.1) is 5.82 Å². The Hall–Kier alpha value is -4.00. The van der Waals surface area contributed by atoms with Gasteiger partial charge in [-0.1, -0.05) is 24.3 Å². The lowest BCUT2D eigenvalue weighted by Gasteiger charge is -2.16. The SMILES string of the molecule is Nc1ccccc1NC(=O)c1ccc(F)c(N2C(=O)c3ccccc3C2=O)c1. The number of para-hydroxylation sites is 2. The number of carbonyl (C=O) groups excluding carboxylic acids is 3. The van der Waals surface area contributed by atoms with Crippen molar-refractivity contribution in [3.05, 3.63) is 89.2 Å². The van der Waals surface area contributed by atoms with Crippen molar-refractivity contribution in [3.63, 3.8) is 0 Å². The fraction of sp³-hybridized carbons (Fsp3) is 0. The van der Waals surface area contributed by atoms with E-state index in [0.717, 1.165) is 11.0 Å². The van der Waals surface area contributed by atoms with E-state index in [1.54, 1.807) is 36.4 Å². The zero-order valence-corrected chi connectivity index (χ0v) is 14.5. The normalized spacial score (nSPS) is 12.8. The molecule has 138 valence electrons. The van der Waals surface area contributed by atoms with Gasteiger partial charge in [-0.3, -0.25) is 14.4 Å². The van der Waals surface area contributed by atoms with Gasteiger partial charge in [0.05, 0.1) is 28.2 Å². The third kappa shape index (κ3) is 2.79. The summed E-state index contributed by atoms with van der Waals surface area (Å²) in [6.07, 6.45) is 0. The predicted molar refractivity (Wildman–Crippen MR) is 103 cm³/mol. The van der Waals surface area contributed by atoms with Crippen molar-refractivity contribution in [2.75, 3.05) is 16.0 Å². The van der Waals surface area contributed by atoms with Crippen LogP contribution in [0.25, 0.3) is 0 Å². The average molecular weight is 375 g/mol. The molecule has 1 aliphatic heterocycles. The number of fused-ring (bicyclic) bond motifs is 1. The minimum atomic E-state index is -0.787. The molecule has 0 spiro atoms. The molecule has 3 aromatic carbocycles. The maximum Gasteiger partial charge on any atom is 0.266 e. The monoisotopic (exact) mass is 375 g/mol. The first kappa shape index (κ1) is 17.4. The third-order valence-electron chi connectivity index (χ3n) is 4.45. The quantitative estimate of drug-likeness (QED) is 0.542. The molecule has 0 bridgehead atoms. The minimum absolute atomic E-state index is 0.0798. The van der Waals surface area contributed by atoms with Crippen LogP contribution in [0.2, 0.25) is 0 Å². The van der Waals surface area contributed by atoms with Gasteiger partial charge in [0.1, 0.15) is 5.82 Å². The summed E-state index contributed by atoms with van der Waals surface area (Å²) in [6.45, 7) is 0. The molecule has 0 aliphatic carbocycles. The smallest absolute Gasteiger partial charge is 0.266 e. The molecule has 7 heteroatoms. The van der Waals surface area contributed by atoms with Gasteiger partial charge in [-0.2, -0.15) is 0 Å². The molecule has 3 N–H and O–H groups in total. The molecule has 1 aliphatic rings. The number of hydrogen-bond donors (Lipinski definition) is 2. The second-order valence-electron chi connectivity index (χ2n) is 6.20. The Bertz CT molecular complexity index is 1110. The standard InChI is InChI=1S/C21H14FN3O3/c22-15-10-9-12(19(26)24-17-8-4-3-7-16(17)23)11-18(15)25-20(27)13-5-1-2-6-14(13)21(25)28/h1-11H,23H2,(H,24,26). The second-order valence-corrected chi connectivity index (χ2v) is 6.20. The maximum atomic E-state index is 14.4. The maximum absolute atomic E-state index is 14.4. The Kier molecular flexibility index (Phi) is 4.12. The Morgan fingerprint density at radius 3 is 2.14 bits per heavy atom. The van der Waals surface area contributed by atoms with Crippen LogP contribution < -0.4 is 16.0 Å². The summed E-state index contributed by atoms with van der Waals surface area (Å²) >= 11 is 0. The first-order valence-electron chi connectivity index (χ1n) is 8.40. The number of benzene rings is 3. The van der Waals surface area contributed by atoms with Gasteiger partial charge in [0, 0.05) is 5.56 Å². The van der Waals surface area contributed by atoms with E-state index >= 15 is 0 Å². The fourth-order valence-corrected chi connectivity index (χ4v) is 3.04. The Labute approximate surface area is 159 Å². The zero-order chi connectivity index (χ0) is 19.8. The number of halogens is 1. The largest absolute Gasteiger partial charge is 0.397 e. The number of nitrogen functional groups attached to an aromatic ring is 1. The van der Waals surface area contributed by atoms with Crippen molar-refractivity contribution in [2.45, 2.75) is 0 Å². The summed E-state index contributed by atoms with van der Waals surface area (Å²) < 4.78 is 14.4. The molecule has 0 fully saturated rings. The van der Waals surface area contributed by atoms with Gasteiger partial charge in [0.15, 0.2) is 0 Å². The molecule has 1 heterocycles. The lowest BCUT2D eigenvalue weighted by Crippen LogP contribution is -2.30.